The summed E-state index contributed by atoms with van der Waals surface area (Å²) in [7, 11) is 1.70. The summed E-state index contributed by atoms with van der Waals surface area (Å²) in [6, 6.07) is 2.15. The van der Waals surface area contributed by atoms with Gasteiger partial charge in [0.25, 0.3) is 0 Å². The van der Waals surface area contributed by atoms with E-state index in [1.807, 2.05) is 6.08 Å². The Kier molecular flexibility index (Phi) is 2.92. The molecule has 0 bridgehead atoms. The molecule has 2 aliphatic rings. The van der Waals surface area contributed by atoms with E-state index in [4.69, 9.17) is 10.00 Å². The highest BCUT2D eigenvalue weighted by Gasteiger charge is 2.31. The minimum absolute atomic E-state index is 0.460. The first-order valence-corrected chi connectivity index (χ1v) is 6.20. The average molecular weight is 254 g/mol. The first kappa shape index (κ1) is 11.7. The topological polar surface area (TPSA) is 62.0 Å². The van der Waals surface area contributed by atoms with Gasteiger partial charge in [-0.15, -0.1) is 0 Å². The van der Waals surface area contributed by atoms with Crippen molar-refractivity contribution in [1.29, 1.82) is 5.26 Å². The maximum absolute atomic E-state index is 9.12. The second-order valence-corrected chi connectivity index (χ2v) is 4.73. The molecule has 1 atom stereocenters. The van der Waals surface area contributed by atoms with E-state index in [2.05, 4.69) is 27.0 Å². The highest BCUT2D eigenvalue weighted by molar-refractivity contribution is 5.55. The number of aromatic nitrogens is 2. The number of nitrogens with zero attached hydrogens (tertiary/aromatic N) is 4. The van der Waals surface area contributed by atoms with Gasteiger partial charge in [-0.2, -0.15) is 5.26 Å². The van der Waals surface area contributed by atoms with Crippen LogP contribution in [-0.2, 0) is 4.74 Å². The van der Waals surface area contributed by atoms with Crippen molar-refractivity contribution in [3.8, 4) is 6.07 Å². The molecule has 1 saturated heterocycles. The van der Waals surface area contributed by atoms with Crippen LogP contribution in [0.25, 0.3) is 0 Å². The number of rotatable bonds is 2. The Morgan fingerprint density at radius 1 is 1.47 bits per heavy atom. The van der Waals surface area contributed by atoms with Gasteiger partial charge in [0.05, 0.1) is 19.1 Å². The zero-order valence-corrected chi connectivity index (χ0v) is 10.7. The molecule has 0 spiro atoms. The lowest BCUT2D eigenvalue weighted by Gasteiger charge is -2.18. The summed E-state index contributed by atoms with van der Waals surface area (Å²) < 4.78 is 5.31. The second-order valence-electron chi connectivity index (χ2n) is 4.73. The van der Waals surface area contributed by atoms with Gasteiger partial charge < -0.3 is 9.64 Å². The molecule has 0 aromatic carbocycles. The van der Waals surface area contributed by atoms with E-state index in [-0.39, 0.29) is 0 Å². The fraction of sp³-hybridized carbons (Fsp3) is 0.357. The van der Waals surface area contributed by atoms with Gasteiger partial charge in [-0.1, -0.05) is 6.08 Å². The van der Waals surface area contributed by atoms with Crippen molar-refractivity contribution >= 4 is 5.82 Å². The first-order chi connectivity index (χ1) is 9.31. The molecular formula is C14H14N4O. The lowest BCUT2D eigenvalue weighted by molar-refractivity contribution is 0.265. The van der Waals surface area contributed by atoms with Crippen molar-refractivity contribution < 1.29 is 4.74 Å². The summed E-state index contributed by atoms with van der Waals surface area (Å²) in [6.45, 7) is 1.70. The summed E-state index contributed by atoms with van der Waals surface area (Å²) in [5, 5.41) is 9.12. The van der Waals surface area contributed by atoms with Crippen LogP contribution in [0.1, 0.15) is 12.0 Å². The molecule has 0 radical (unpaired) electrons. The quantitative estimate of drug-likeness (QED) is 0.803. The van der Waals surface area contributed by atoms with E-state index in [0.717, 1.165) is 31.1 Å². The van der Waals surface area contributed by atoms with Gasteiger partial charge in [-0.3, -0.25) is 0 Å². The van der Waals surface area contributed by atoms with Crippen molar-refractivity contribution in [3.63, 3.8) is 0 Å². The van der Waals surface area contributed by atoms with Crippen LogP contribution in [0.15, 0.2) is 36.0 Å². The fourth-order valence-electron chi connectivity index (χ4n) is 2.66. The van der Waals surface area contributed by atoms with Gasteiger partial charge in [-0.05, 0) is 11.6 Å². The molecule has 1 aromatic heterocycles. The molecular weight excluding hydrogens is 240 g/mol. The molecule has 1 aromatic rings. The maximum atomic E-state index is 9.12. The van der Waals surface area contributed by atoms with Crippen LogP contribution in [0.3, 0.4) is 0 Å². The highest BCUT2D eigenvalue weighted by atomic mass is 16.5. The molecule has 0 N–H and O–H groups in total. The molecule has 5 heteroatoms. The molecule has 3 rings (SSSR count). The number of anilines is 1. The van der Waals surface area contributed by atoms with Gasteiger partial charge >= 0.3 is 0 Å². The number of ether oxygens (including phenoxy) is 1. The number of hydrogen-bond donors (Lipinski definition) is 0. The summed E-state index contributed by atoms with van der Waals surface area (Å²) in [5.74, 6) is 2.20. The van der Waals surface area contributed by atoms with E-state index in [0.29, 0.717) is 11.5 Å². The third kappa shape index (κ3) is 2.06. The zero-order chi connectivity index (χ0) is 13.2. The smallest absolute Gasteiger partial charge is 0.150 e. The molecule has 0 saturated carbocycles. The summed E-state index contributed by atoms with van der Waals surface area (Å²) >= 11 is 0. The lowest BCUT2D eigenvalue weighted by Crippen LogP contribution is -2.22. The first-order valence-electron chi connectivity index (χ1n) is 6.20. The summed E-state index contributed by atoms with van der Waals surface area (Å²) in [4.78, 5) is 10.3. The van der Waals surface area contributed by atoms with Crippen LogP contribution >= 0.6 is 0 Å². The molecule has 1 aliphatic carbocycles. The average Bonchev–Trinajstić information content (AvgIpc) is 2.89. The third-order valence-corrected chi connectivity index (χ3v) is 3.64. The van der Waals surface area contributed by atoms with Gasteiger partial charge in [0.15, 0.2) is 0 Å². The lowest BCUT2D eigenvalue weighted by atomic mass is 9.94. The van der Waals surface area contributed by atoms with Crippen LogP contribution in [0.4, 0.5) is 5.82 Å². The predicted molar refractivity (Wildman–Crippen MR) is 70.2 cm³/mol. The van der Waals surface area contributed by atoms with Crippen molar-refractivity contribution in [2.45, 2.75) is 6.42 Å². The molecule has 2 heterocycles. The second kappa shape index (κ2) is 4.73. The van der Waals surface area contributed by atoms with Crippen LogP contribution in [-0.4, -0.2) is 30.2 Å². The van der Waals surface area contributed by atoms with Gasteiger partial charge in [0, 0.05) is 25.4 Å². The Morgan fingerprint density at radius 3 is 3.16 bits per heavy atom. The number of allylic oxidation sites excluding steroid dienone is 3. The van der Waals surface area contributed by atoms with Gasteiger partial charge in [0.1, 0.15) is 23.8 Å². The monoisotopic (exact) mass is 254 g/mol. The zero-order valence-electron chi connectivity index (χ0n) is 10.7. The Balaban J connectivity index is 1.84. The minimum atomic E-state index is 0.460. The molecule has 19 heavy (non-hydrogen) atoms. The van der Waals surface area contributed by atoms with Gasteiger partial charge in [-0.25, -0.2) is 9.97 Å². The molecule has 1 aliphatic heterocycles. The Labute approximate surface area is 111 Å². The molecule has 1 fully saturated rings. The Bertz CT molecular complexity index is 600. The molecule has 0 amide bonds. The van der Waals surface area contributed by atoms with E-state index < -0.39 is 0 Å². The molecule has 1 unspecified atom stereocenters. The normalized spacial score (nSPS) is 21.3. The highest BCUT2D eigenvalue weighted by Crippen LogP contribution is 2.34. The molecule has 96 valence electrons. The number of nitriles is 1. The van der Waals surface area contributed by atoms with Crippen molar-refractivity contribution in [2.24, 2.45) is 5.92 Å². The van der Waals surface area contributed by atoms with Crippen molar-refractivity contribution in [3.05, 3.63) is 41.6 Å². The predicted octanol–water partition coefficient (Wildman–Crippen LogP) is 1.64. The van der Waals surface area contributed by atoms with Crippen LogP contribution in [0.5, 0.6) is 0 Å². The van der Waals surface area contributed by atoms with Crippen molar-refractivity contribution in [2.75, 3.05) is 25.1 Å². The van der Waals surface area contributed by atoms with E-state index in [1.54, 1.807) is 13.3 Å². The van der Waals surface area contributed by atoms with Gasteiger partial charge in [0.2, 0.25) is 0 Å². The minimum Gasteiger partial charge on any atom is -0.501 e. The fourth-order valence-corrected chi connectivity index (χ4v) is 2.66. The van der Waals surface area contributed by atoms with E-state index in [1.165, 1.54) is 11.9 Å². The third-order valence-electron chi connectivity index (χ3n) is 3.64. The number of methoxy groups -OCH3 is 1. The van der Waals surface area contributed by atoms with E-state index >= 15 is 0 Å². The Morgan fingerprint density at radius 2 is 2.37 bits per heavy atom. The molecule has 5 nitrogen and oxygen atoms in total. The summed E-state index contributed by atoms with van der Waals surface area (Å²) in [5.41, 5.74) is 1.91. The number of fused-ring (bicyclic) bond motifs is 1. The largest absolute Gasteiger partial charge is 0.501 e. The summed E-state index contributed by atoms with van der Waals surface area (Å²) in [6.07, 6.45) is 8.13. The Hall–Kier alpha value is -2.35. The van der Waals surface area contributed by atoms with Crippen LogP contribution < -0.4 is 4.90 Å². The van der Waals surface area contributed by atoms with Crippen molar-refractivity contribution in [1.82, 2.24) is 9.97 Å². The standard InChI is InChI=1S/C14H14N4O/c1-19-13-3-2-10-7-18(8-11(10)4-13)14-12(5-15)6-16-9-17-14/h2-3,6,9,11H,4,7-8H2,1H3. The van der Waals surface area contributed by atoms with E-state index in [9.17, 15) is 0 Å². The SMILES string of the molecule is COC1=CC=C2CN(c3ncncc3C#N)CC2C1. The van der Waals surface area contributed by atoms with Crippen LogP contribution in [0.2, 0.25) is 0 Å². The van der Waals surface area contributed by atoms with Crippen LogP contribution in [0, 0.1) is 17.2 Å². The maximum Gasteiger partial charge on any atom is 0.150 e. The number of hydrogen-bond acceptors (Lipinski definition) is 5.